The second kappa shape index (κ2) is 7.74. The number of aromatic nitrogens is 2. The Labute approximate surface area is 173 Å². The number of nitrogens with two attached hydrogens (primary N) is 1. The molecule has 2 aromatic rings. The number of carbonyl (C=O) groups excluding carboxylic acids is 2. The fraction of sp³-hybridized carbons (Fsp3) is 0.450. The minimum Gasteiger partial charge on any atom is -0.381 e. The Morgan fingerprint density at radius 2 is 2.14 bits per heavy atom. The summed E-state index contributed by atoms with van der Waals surface area (Å²) < 4.78 is 11.2. The molecule has 0 radical (unpaired) electrons. The third-order valence-corrected chi connectivity index (χ3v) is 6.07. The molecule has 29 heavy (non-hydrogen) atoms. The molecule has 0 unspecified atom stereocenters. The maximum atomic E-state index is 12.9. The third-order valence-electron chi connectivity index (χ3n) is 4.62. The molecule has 0 saturated heterocycles. The van der Waals surface area contributed by atoms with E-state index in [1.54, 1.807) is 25.5 Å². The Morgan fingerprint density at radius 1 is 1.41 bits per heavy atom. The van der Waals surface area contributed by atoms with Gasteiger partial charge < -0.3 is 20.5 Å². The van der Waals surface area contributed by atoms with Crippen LogP contribution in [0.25, 0.3) is 6.08 Å². The van der Waals surface area contributed by atoms with Crippen LogP contribution in [-0.4, -0.2) is 41.3 Å². The fourth-order valence-corrected chi connectivity index (χ4v) is 4.97. The van der Waals surface area contributed by atoms with Crippen molar-refractivity contribution < 1.29 is 19.1 Å². The Kier molecular flexibility index (Phi) is 5.66. The number of nitrogens with one attached hydrogen (secondary N) is 2. The van der Waals surface area contributed by atoms with Gasteiger partial charge in [0, 0.05) is 24.0 Å². The molecule has 9 heteroatoms. The van der Waals surface area contributed by atoms with E-state index in [9.17, 15) is 9.59 Å². The van der Waals surface area contributed by atoms with Crippen LogP contribution in [0, 0.1) is 0 Å². The van der Waals surface area contributed by atoms with E-state index in [4.69, 9.17) is 15.2 Å². The molecule has 8 nitrogen and oxygen atoms in total. The summed E-state index contributed by atoms with van der Waals surface area (Å²) in [7, 11) is 1.59. The van der Waals surface area contributed by atoms with Crippen LogP contribution in [0.4, 0.5) is 5.00 Å². The van der Waals surface area contributed by atoms with Crippen molar-refractivity contribution in [3.63, 3.8) is 0 Å². The van der Waals surface area contributed by atoms with E-state index in [0.29, 0.717) is 29.2 Å². The van der Waals surface area contributed by atoms with Crippen molar-refractivity contribution in [2.75, 3.05) is 19.0 Å². The van der Waals surface area contributed by atoms with Crippen molar-refractivity contribution in [1.29, 1.82) is 0 Å². The third kappa shape index (κ3) is 4.26. The molecule has 1 aliphatic heterocycles. The number of anilines is 1. The second-order valence-electron chi connectivity index (χ2n) is 8.04. The van der Waals surface area contributed by atoms with E-state index in [-0.39, 0.29) is 5.69 Å². The van der Waals surface area contributed by atoms with Crippen LogP contribution < -0.4 is 11.1 Å². The lowest BCUT2D eigenvalue weighted by molar-refractivity contribution is -0.135. The van der Waals surface area contributed by atoms with Crippen molar-refractivity contribution in [2.45, 2.75) is 45.3 Å². The summed E-state index contributed by atoms with van der Waals surface area (Å²) in [4.78, 5) is 26.1. The quantitative estimate of drug-likeness (QED) is 0.666. The predicted octanol–water partition coefficient (Wildman–Crippen LogP) is 3.07. The van der Waals surface area contributed by atoms with Gasteiger partial charge in [0.15, 0.2) is 0 Å². The first kappa shape index (κ1) is 21.2. The average Bonchev–Trinajstić information content (AvgIpc) is 3.18. The summed E-state index contributed by atoms with van der Waals surface area (Å²) in [5.74, 6) is -0.977. The maximum absolute atomic E-state index is 12.9. The number of ether oxygens (including phenoxy) is 2. The molecular formula is C20H26N4O4S. The number of methoxy groups -OCH3 is 1. The minimum atomic E-state index is -0.600. The summed E-state index contributed by atoms with van der Waals surface area (Å²) in [6, 6.07) is 0. The number of rotatable bonds is 6. The maximum Gasteiger partial charge on any atom is 0.274 e. The number of fused-ring (bicyclic) bond motifs is 1. The highest BCUT2D eigenvalue weighted by molar-refractivity contribution is 7.17. The van der Waals surface area contributed by atoms with E-state index in [2.05, 4.69) is 15.5 Å². The standard InChI is InChI=1S/C20H26N4O4S/c1-19(2)9-12-13(16(21)25)18(29-15(12)20(3,4)28-19)23-17(26)14-11(10-22-24-14)7-6-8-27-5/h6-7,10H,8-9H2,1-5H3,(H2,21,25)(H,22,24)(H,23,26)/b7-6+. The van der Waals surface area contributed by atoms with Crippen molar-refractivity contribution in [3.8, 4) is 0 Å². The van der Waals surface area contributed by atoms with Gasteiger partial charge in [-0.2, -0.15) is 5.10 Å². The normalized spacial score (nSPS) is 17.3. The van der Waals surface area contributed by atoms with Crippen LogP contribution in [0.15, 0.2) is 12.3 Å². The fourth-order valence-electron chi connectivity index (χ4n) is 3.71. The number of primary amides is 1. The van der Waals surface area contributed by atoms with Gasteiger partial charge in [-0.1, -0.05) is 12.2 Å². The summed E-state index contributed by atoms with van der Waals surface area (Å²) in [6.45, 7) is 8.27. The molecule has 0 aliphatic carbocycles. The molecule has 0 spiro atoms. The molecule has 0 fully saturated rings. The number of H-pyrrole nitrogens is 1. The molecular weight excluding hydrogens is 392 g/mol. The molecule has 2 amide bonds. The van der Waals surface area contributed by atoms with Crippen molar-refractivity contribution in [1.82, 2.24) is 10.2 Å². The van der Waals surface area contributed by atoms with Crippen LogP contribution in [0.1, 0.15) is 64.5 Å². The number of aromatic amines is 1. The van der Waals surface area contributed by atoms with Crippen LogP contribution in [-0.2, 0) is 21.5 Å². The van der Waals surface area contributed by atoms with Gasteiger partial charge in [0.25, 0.3) is 11.8 Å². The number of thiophene rings is 1. The van der Waals surface area contributed by atoms with E-state index in [1.807, 2.05) is 27.7 Å². The number of hydrogen-bond acceptors (Lipinski definition) is 6. The van der Waals surface area contributed by atoms with Crippen molar-refractivity contribution in [2.24, 2.45) is 5.73 Å². The highest BCUT2D eigenvalue weighted by Crippen LogP contribution is 2.48. The smallest absolute Gasteiger partial charge is 0.274 e. The number of carbonyl (C=O) groups is 2. The van der Waals surface area contributed by atoms with E-state index < -0.39 is 23.0 Å². The SMILES string of the molecule is COC/C=C/c1cn[nH]c1C(=O)Nc1sc2c(c1C(N)=O)CC(C)(C)OC2(C)C. The Hall–Kier alpha value is -2.49. The van der Waals surface area contributed by atoms with Gasteiger partial charge in [-0.05, 0) is 33.3 Å². The summed E-state index contributed by atoms with van der Waals surface area (Å²) in [5, 5.41) is 9.90. The largest absolute Gasteiger partial charge is 0.381 e. The Morgan fingerprint density at radius 3 is 2.79 bits per heavy atom. The highest BCUT2D eigenvalue weighted by atomic mass is 32.1. The zero-order valence-electron chi connectivity index (χ0n) is 17.2. The summed E-state index contributed by atoms with van der Waals surface area (Å²) in [6.07, 6.45) is 5.61. The van der Waals surface area contributed by atoms with Gasteiger partial charge in [0.05, 0.1) is 29.6 Å². The van der Waals surface area contributed by atoms with Crippen LogP contribution in [0.2, 0.25) is 0 Å². The lowest BCUT2D eigenvalue weighted by Gasteiger charge is -2.41. The van der Waals surface area contributed by atoms with Gasteiger partial charge in [0.1, 0.15) is 10.7 Å². The molecule has 2 aromatic heterocycles. The molecule has 0 saturated carbocycles. The average molecular weight is 419 g/mol. The Balaban J connectivity index is 1.97. The van der Waals surface area contributed by atoms with E-state index >= 15 is 0 Å². The monoisotopic (exact) mass is 418 g/mol. The number of amides is 2. The van der Waals surface area contributed by atoms with Crippen molar-refractivity contribution in [3.05, 3.63) is 39.5 Å². The predicted molar refractivity (Wildman–Crippen MR) is 112 cm³/mol. The van der Waals surface area contributed by atoms with Gasteiger partial charge >= 0.3 is 0 Å². The zero-order chi connectivity index (χ0) is 21.4. The van der Waals surface area contributed by atoms with Gasteiger partial charge in [-0.3, -0.25) is 14.7 Å². The lowest BCUT2D eigenvalue weighted by Crippen LogP contribution is -2.42. The van der Waals surface area contributed by atoms with Crippen LogP contribution in [0.3, 0.4) is 0 Å². The van der Waals surface area contributed by atoms with E-state index in [0.717, 1.165) is 10.4 Å². The lowest BCUT2D eigenvalue weighted by atomic mass is 9.86. The molecule has 156 valence electrons. The zero-order valence-corrected chi connectivity index (χ0v) is 18.0. The summed E-state index contributed by atoms with van der Waals surface area (Å²) >= 11 is 1.32. The molecule has 0 atom stereocenters. The van der Waals surface area contributed by atoms with Gasteiger partial charge in [-0.15, -0.1) is 11.3 Å². The minimum absolute atomic E-state index is 0.287. The van der Waals surface area contributed by atoms with E-state index in [1.165, 1.54) is 11.3 Å². The highest BCUT2D eigenvalue weighted by Gasteiger charge is 2.43. The molecule has 0 bridgehead atoms. The first-order chi connectivity index (χ1) is 13.6. The van der Waals surface area contributed by atoms with Crippen molar-refractivity contribution >= 4 is 34.2 Å². The molecule has 0 aromatic carbocycles. The number of hydrogen-bond donors (Lipinski definition) is 3. The summed E-state index contributed by atoms with van der Waals surface area (Å²) in [5.41, 5.74) is 6.73. The number of nitrogens with zero attached hydrogens (tertiary/aromatic N) is 1. The van der Waals surface area contributed by atoms with Gasteiger partial charge in [-0.25, -0.2) is 0 Å². The van der Waals surface area contributed by atoms with Gasteiger partial charge in [0.2, 0.25) is 0 Å². The first-order valence-corrected chi connectivity index (χ1v) is 10.0. The molecule has 4 N–H and O–H groups in total. The first-order valence-electron chi connectivity index (χ1n) is 9.22. The topological polar surface area (TPSA) is 119 Å². The Bertz CT molecular complexity index is 971. The molecule has 3 rings (SSSR count). The van der Waals surface area contributed by atoms with Crippen LogP contribution in [0.5, 0.6) is 0 Å². The second-order valence-corrected chi connectivity index (χ2v) is 9.06. The van der Waals surface area contributed by atoms with Crippen LogP contribution >= 0.6 is 11.3 Å². The molecule has 3 heterocycles. The molecule has 1 aliphatic rings.